The van der Waals surface area contributed by atoms with Crippen molar-refractivity contribution >= 4 is 10.9 Å². The number of aliphatic hydroxyl groups excluding tert-OH is 1. The van der Waals surface area contributed by atoms with Gasteiger partial charge in [0.25, 0.3) is 5.56 Å². The van der Waals surface area contributed by atoms with Gasteiger partial charge in [-0.25, -0.2) is 4.98 Å². The number of hydrogen-bond acceptors (Lipinski definition) is 3. The Morgan fingerprint density at radius 1 is 1.32 bits per heavy atom. The normalized spacial score (nSPS) is 12.7. The van der Waals surface area contributed by atoms with Crippen LogP contribution in [0.15, 0.2) is 47.5 Å². The molecular formula is C17H19N3O2. The minimum Gasteiger partial charge on any atom is -0.385 e. The number of aryl methyl sites for hydroxylation is 1. The summed E-state index contributed by atoms with van der Waals surface area (Å²) in [5.74, 6) is 0.595. The Hall–Kier alpha value is -2.40. The van der Waals surface area contributed by atoms with Crippen LogP contribution in [0.2, 0.25) is 0 Å². The smallest absolute Gasteiger partial charge is 0.255 e. The molecule has 22 heavy (non-hydrogen) atoms. The molecule has 5 heteroatoms. The lowest BCUT2D eigenvalue weighted by molar-refractivity contribution is 0.159. The predicted molar refractivity (Wildman–Crippen MR) is 85.8 cm³/mol. The molecule has 0 spiro atoms. The van der Waals surface area contributed by atoms with Crippen LogP contribution in [-0.2, 0) is 13.6 Å². The van der Waals surface area contributed by atoms with E-state index in [0.717, 1.165) is 10.9 Å². The van der Waals surface area contributed by atoms with Crippen LogP contribution in [0, 0.1) is 0 Å². The van der Waals surface area contributed by atoms with Crippen LogP contribution in [0.25, 0.3) is 10.9 Å². The molecule has 2 aromatic heterocycles. The van der Waals surface area contributed by atoms with E-state index in [1.54, 1.807) is 24.0 Å². The monoisotopic (exact) mass is 297 g/mol. The third-order valence-electron chi connectivity index (χ3n) is 3.98. The lowest BCUT2D eigenvalue weighted by atomic mass is 10.1. The van der Waals surface area contributed by atoms with E-state index in [0.29, 0.717) is 24.4 Å². The van der Waals surface area contributed by atoms with Crippen molar-refractivity contribution in [1.82, 2.24) is 14.1 Å². The van der Waals surface area contributed by atoms with Crippen molar-refractivity contribution in [3.05, 3.63) is 64.5 Å². The van der Waals surface area contributed by atoms with Gasteiger partial charge in [0.05, 0.1) is 12.1 Å². The zero-order valence-electron chi connectivity index (χ0n) is 12.7. The zero-order valence-corrected chi connectivity index (χ0v) is 12.7. The van der Waals surface area contributed by atoms with E-state index in [2.05, 4.69) is 4.98 Å². The molecule has 3 rings (SSSR count). The Balaban J connectivity index is 2.07. The van der Waals surface area contributed by atoms with Gasteiger partial charge in [0.1, 0.15) is 11.9 Å². The van der Waals surface area contributed by atoms with Gasteiger partial charge >= 0.3 is 0 Å². The second-order valence-corrected chi connectivity index (χ2v) is 5.43. The van der Waals surface area contributed by atoms with Crippen molar-refractivity contribution in [2.24, 2.45) is 7.05 Å². The highest BCUT2D eigenvalue weighted by Crippen LogP contribution is 2.17. The highest BCUT2D eigenvalue weighted by Gasteiger charge is 2.14. The van der Waals surface area contributed by atoms with E-state index >= 15 is 0 Å². The number of fused-ring (bicyclic) bond motifs is 1. The van der Waals surface area contributed by atoms with Gasteiger partial charge in [-0.05, 0) is 23.9 Å². The van der Waals surface area contributed by atoms with Crippen LogP contribution < -0.4 is 5.56 Å². The highest BCUT2D eigenvalue weighted by atomic mass is 16.3. The van der Waals surface area contributed by atoms with E-state index in [1.165, 1.54) is 0 Å². The van der Waals surface area contributed by atoms with Crippen LogP contribution in [0.3, 0.4) is 0 Å². The number of aliphatic hydroxyl groups is 1. The number of pyridine rings is 1. The number of para-hydroxylation sites is 1. The van der Waals surface area contributed by atoms with Crippen molar-refractivity contribution in [3.63, 3.8) is 0 Å². The molecule has 0 fully saturated rings. The molecule has 1 atom stereocenters. The van der Waals surface area contributed by atoms with Crippen LogP contribution in [0.1, 0.15) is 30.8 Å². The topological polar surface area (TPSA) is 60.1 Å². The lowest BCUT2D eigenvalue weighted by Crippen LogP contribution is -2.23. The Labute approximate surface area is 128 Å². The number of imidazole rings is 1. The molecule has 0 aliphatic carbocycles. The van der Waals surface area contributed by atoms with Gasteiger partial charge in [-0.1, -0.05) is 25.1 Å². The van der Waals surface area contributed by atoms with E-state index < -0.39 is 6.10 Å². The summed E-state index contributed by atoms with van der Waals surface area (Å²) in [4.78, 5) is 16.7. The standard InChI is InChI=1S/C17H19N3O2/c1-3-15(21)16-18-8-9-20(16)11-13-10-12-6-4-5-7-14(12)19(2)17(13)22/h4-10,15,21H,3,11H2,1-2H3. The van der Waals surface area contributed by atoms with Crippen LogP contribution in [-0.4, -0.2) is 19.2 Å². The molecule has 0 aliphatic rings. The number of aromatic nitrogens is 3. The van der Waals surface area contributed by atoms with Gasteiger partial charge in [0.2, 0.25) is 0 Å². The van der Waals surface area contributed by atoms with Crippen molar-refractivity contribution in [2.75, 3.05) is 0 Å². The molecule has 0 bridgehead atoms. The van der Waals surface area contributed by atoms with Crippen molar-refractivity contribution < 1.29 is 5.11 Å². The fourth-order valence-corrected chi connectivity index (χ4v) is 2.72. The third kappa shape index (κ3) is 2.44. The van der Waals surface area contributed by atoms with Crippen molar-refractivity contribution in [2.45, 2.75) is 26.0 Å². The Morgan fingerprint density at radius 3 is 2.86 bits per heavy atom. The minimum atomic E-state index is -0.612. The summed E-state index contributed by atoms with van der Waals surface area (Å²) >= 11 is 0. The van der Waals surface area contributed by atoms with Crippen molar-refractivity contribution in [1.29, 1.82) is 0 Å². The average molecular weight is 297 g/mol. The molecule has 5 nitrogen and oxygen atoms in total. The summed E-state index contributed by atoms with van der Waals surface area (Å²) in [5.41, 5.74) is 1.57. The maximum absolute atomic E-state index is 12.5. The van der Waals surface area contributed by atoms with Gasteiger partial charge in [-0.3, -0.25) is 4.79 Å². The summed E-state index contributed by atoms with van der Waals surface area (Å²) in [6, 6.07) is 9.73. The Kier molecular flexibility index (Phi) is 3.81. The molecule has 1 unspecified atom stereocenters. The number of hydrogen-bond donors (Lipinski definition) is 1. The van der Waals surface area contributed by atoms with Crippen LogP contribution in [0.5, 0.6) is 0 Å². The van der Waals surface area contributed by atoms with E-state index in [9.17, 15) is 9.90 Å². The fourth-order valence-electron chi connectivity index (χ4n) is 2.72. The molecule has 1 aromatic carbocycles. The largest absolute Gasteiger partial charge is 0.385 e. The number of benzene rings is 1. The highest BCUT2D eigenvalue weighted by molar-refractivity contribution is 5.79. The maximum atomic E-state index is 12.5. The third-order valence-corrected chi connectivity index (χ3v) is 3.98. The first-order chi connectivity index (χ1) is 10.6. The molecule has 2 heterocycles. The van der Waals surface area contributed by atoms with Gasteiger partial charge in [0.15, 0.2) is 0 Å². The SMILES string of the molecule is CCC(O)c1nccn1Cc1cc2ccccc2n(C)c1=O. The maximum Gasteiger partial charge on any atom is 0.255 e. The second-order valence-electron chi connectivity index (χ2n) is 5.43. The van der Waals surface area contributed by atoms with E-state index in [4.69, 9.17) is 0 Å². The van der Waals surface area contributed by atoms with Gasteiger partial charge < -0.3 is 14.2 Å². The first kappa shape index (κ1) is 14.5. The predicted octanol–water partition coefficient (Wildman–Crippen LogP) is 2.23. The molecule has 0 saturated carbocycles. The number of nitrogens with zero attached hydrogens (tertiary/aromatic N) is 3. The number of rotatable bonds is 4. The van der Waals surface area contributed by atoms with Gasteiger partial charge in [-0.15, -0.1) is 0 Å². The Morgan fingerprint density at radius 2 is 2.09 bits per heavy atom. The second kappa shape index (κ2) is 5.77. The Bertz CT molecular complexity index is 864. The molecule has 0 aliphatic heterocycles. The molecular weight excluding hydrogens is 278 g/mol. The van der Waals surface area contributed by atoms with Crippen molar-refractivity contribution in [3.8, 4) is 0 Å². The molecule has 1 N–H and O–H groups in total. The first-order valence-corrected chi connectivity index (χ1v) is 7.38. The zero-order chi connectivity index (χ0) is 15.7. The lowest BCUT2D eigenvalue weighted by Gasteiger charge is -2.13. The summed E-state index contributed by atoms with van der Waals surface area (Å²) < 4.78 is 3.50. The summed E-state index contributed by atoms with van der Waals surface area (Å²) in [5, 5.41) is 11.0. The minimum absolute atomic E-state index is 0.0238. The van der Waals surface area contributed by atoms with Crippen LogP contribution in [0.4, 0.5) is 0 Å². The summed E-state index contributed by atoms with van der Waals surface area (Å²) in [6.07, 6.45) is 3.43. The molecule has 3 aromatic rings. The van der Waals surface area contributed by atoms with Crippen LogP contribution >= 0.6 is 0 Å². The fraction of sp³-hybridized carbons (Fsp3) is 0.294. The quantitative estimate of drug-likeness (QED) is 0.803. The summed E-state index contributed by atoms with van der Waals surface area (Å²) in [7, 11) is 1.78. The van der Waals surface area contributed by atoms with Gasteiger partial charge in [-0.2, -0.15) is 0 Å². The van der Waals surface area contributed by atoms with E-state index in [1.807, 2.05) is 41.8 Å². The summed E-state index contributed by atoms with van der Waals surface area (Å²) in [6.45, 7) is 2.31. The molecule has 0 radical (unpaired) electrons. The average Bonchev–Trinajstić information content (AvgIpc) is 3.00. The molecule has 0 saturated heterocycles. The van der Waals surface area contributed by atoms with Gasteiger partial charge in [0, 0.05) is 25.0 Å². The molecule has 114 valence electrons. The van der Waals surface area contributed by atoms with E-state index in [-0.39, 0.29) is 5.56 Å². The molecule has 0 amide bonds. The first-order valence-electron chi connectivity index (χ1n) is 7.38.